The third-order valence-electron chi connectivity index (χ3n) is 6.56. The maximum Gasteiger partial charge on any atom is 0.251 e. The Bertz CT molecular complexity index is 1100. The van der Waals surface area contributed by atoms with E-state index in [-0.39, 0.29) is 29.0 Å². The van der Waals surface area contributed by atoms with E-state index in [2.05, 4.69) is 22.4 Å². The number of carbonyl (C=O) groups is 1. The summed E-state index contributed by atoms with van der Waals surface area (Å²) in [4.78, 5) is 14.1. The standard InChI is InChI=1S/C22H21ClF2N4O/c1-2-18(26-22(30)11-3-5-12(23)6-4-11)20-15-9-14(10-16(15)20)29-27-19-8-13(24)7-17(25)21(19)28-29/h3-8,14-16,18,20H,2,9-10H2,1H3,(H,26,30)/t14-,15-,16+,18?,20+. The maximum atomic E-state index is 13.9. The van der Waals surface area contributed by atoms with Gasteiger partial charge in [0.2, 0.25) is 0 Å². The zero-order valence-corrected chi connectivity index (χ0v) is 17.1. The maximum absolute atomic E-state index is 13.9. The molecule has 2 aromatic carbocycles. The average molecular weight is 431 g/mol. The van der Waals surface area contributed by atoms with E-state index >= 15 is 0 Å². The molecule has 1 N–H and O–H groups in total. The molecular weight excluding hydrogens is 410 g/mol. The van der Waals surface area contributed by atoms with Crippen molar-refractivity contribution in [2.75, 3.05) is 0 Å². The monoisotopic (exact) mass is 430 g/mol. The predicted octanol–water partition coefficient (Wildman–Crippen LogP) is 4.77. The van der Waals surface area contributed by atoms with Gasteiger partial charge in [0.1, 0.15) is 16.9 Å². The smallest absolute Gasteiger partial charge is 0.251 e. The van der Waals surface area contributed by atoms with Crippen LogP contribution in [0.25, 0.3) is 11.0 Å². The first kappa shape index (κ1) is 19.4. The summed E-state index contributed by atoms with van der Waals surface area (Å²) in [6.45, 7) is 2.08. The van der Waals surface area contributed by atoms with Gasteiger partial charge in [-0.15, -0.1) is 5.10 Å². The van der Waals surface area contributed by atoms with Gasteiger partial charge in [-0.1, -0.05) is 18.5 Å². The summed E-state index contributed by atoms with van der Waals surface area (Å²) in [5, 5.41) is 12.3. The molecule has 2 aliphatic rings. The highest BCUT2D eigenvalue weighted by Gasteiger charge is 2.59. The van der Waals surface area contributed by atoms with Gasteiger partial charge in [-0.3, -0.25) is 4.79 Å². The molecule has 1 heterocycles. The number of benzene rings is 2. The summed E-state index contributed by atoms with van der Waals surface area (Å²) in [5.74, 6) is -0.0154. The molecule has 30 heavy (non-hydrogen) atoms. The largest absolute Gasteiger partial charge is 0.349 e. The zero-order chi connectivity index (χ0) is 21.0. The highest BCUT2D eigenvalue weighted by Crippen LogP contribution is 2.62. The summed E-state index contributed by atoms with van der Waals surface area (Å²) in [7, 11) is 0. The van der Waals surface area contributed by atoms with Crippen LogP contribution in [0.3, 0.4) is 0 Å². The van der Waals surface area contributed by atoms with Crippen molar-refractivity contribution >= 4 is 28.5 Å². The molecular formula is C22H21ClF2N4O. The Morgan fingerprint density at radius 2 is 1.90 bits per heavy atom. The van der Waals surface area contributed by atoms with E-state index in [0.29, 0.717) is 28.3 Å². The second kappa shape index (κ2) is 7.30. The van der Waals surface area contributed by atoms with Crippen molar-refractivity contribution in [3.63, 3.8) is 0 Å². The Hall–Kier alpha value is -2.54. The van der Waals surface area contributed by atoms with E-state index in [9.17, 15) is 13.6 Å². The summed E-state index contributed by atoms with van der Waals surface area (Å²) in [6, 6.07) is 9.11. The van der Waals surface area contributed by atoms with Gasteiger partial charge in [0, 0.05) is 28.8 Å². The second-order valence-electron chi connectivity index (χ2n) is 8.30. The van der Waals surface area contributed by atoms with Crippen LogP contribution in [0.1, 0.15) is 42.6 Å². The molecule has 5 atom stereocenters. The first-order valence-electron chi connectivity index (χ1n) is 10.2. The summed E-state index contributed by atoms with van der Waals surface area (Å²) >= 11 is 5.90. The molecule has 156 valence electrons. The number of amides is 1. The van der Waals surface area contributed by atoms with Crippen LogP contribution in [0.5, 0.6) is 0 Å². The van der Waals surface area contributed by atoms with Gasteiger partial charge in [-0.2, -0.15) is 9.90 Å². The number of aromatic nitrogens is 3. The van der Waals surface area contributed by atoms with Crippen molar-refractivity contribution in [3.05, 3.63) is 58.6 Å². The van der Waals surface area contributed by atoms with E-state index < -0.39 is 11.6 Å². The van der Waals surface area contributed by atoms with Gasteiger partial charge in [-0.05, 0) is 61.3 Å². The lowest BCUT2D eigenvalue weighted by molar-refractivity contribution is 0.0926. The van der Waals surface area contributed by atoms with Crippen LogP contribution < -0.4 is 5.32 Å². The van der Waals surface area contributed by atoms with Crippen LogP contribution in [0.2, 0.25) is 5.02 Å². The summed E-state index contributed by atoms with van der Waals surface area (Å²) in [6.07, 6.45) is 2.62. The highest BCUT2D eigenvalue weighted by atomic mass is 35.5. The third kappa shape index (κ3) is 3.35. The Morgan fingerprint density at radius 3 is 2.57 bits per heavy atom. The van der Waals surface area contributed by atoms with Crippen LogP contribution in [0.4, 0.5) is 8.78 Å². The molecule has 2 aliphatic carbocycles. The quantitative estimate of drug-likeness (QED) is 0.634. The third-order valence-corrected chi connectivity index (χ3v) is 6.81. The number of rotatable bonds is 5. The van der Waals surface area contributed by atoms with Crippen molar-refractivity contribution in [1.29, 1.82) is 0 Å². The van der Waals surface area contributed by atoms with Crippen molar-refractivity contribution in [2.45, 2.75) is 38.3 Å². The number of hydrogen-bond donors (Lipinski definition) is 1. The molecule has 0 aliphatic heterocycles. The summed E-state index contributed by atoms with van der Waals surface area (Å²) in [5.41, 5.74) is 0.949. The number of fused-ring (bicyclic) bond motifs is 2. The molecule has 0 saturated heterocycles. The minimum Gasteiger partial charge on any atom is -0.349 e. The minimum atomic E-state index is -0.687. The fourth-order valence-electron chi connectivity index (χ4n) is 5.10. The second-order valence-corrected chi connectivity index (χ2v) is 8.74. The Morgan fingerprint density at radius 1 is 1.20 bits per heavy atom. The molecule has 5 nitrogen and oxygen atoms in total. The van der Waals surface area contributed by atoms with Crippen LogP contribution in [-0.2, 0) is 0 Å². The number of nitrogens with zero attached hydrogens (tertiary/aromatic N) is 3. The molecule has 0 radical (unpaired) electrons. The number of halogens is 3. The molecule has 5 rings (SSSR count). The minimum absolute atomic E-state index is 0.0792. The first-order chi connectivity index (χ1) is 14.4. The first-order valence-corrected chi connectivity index (χ1v) is 10.6. The van der Waals surface area contributed by atoms with Gasteiger partial charge < -0.3 is 5.32 Å². The van der Waals surface area contributed by atoms with Crippen molar-refractivity contribution in [3.8, 4) is 0 Å². The zero-order valence-electron chi connectivity index (χ0n) is 16.4. The van der Waals surface area contributed by atoms with Gasteiger partial charge in [0.25, 0.3) is 5.91 Å². The topological polar surface area (TPSA) is 59.8 Å². The normalized spacial score (nSPS) is 25.9. The molecule has 8 heteroatoms. The van der Waals surface area contributed by atoms with Crippen molar-refractivity contribution in [2.24, 2.45) is 17.8 Å². The average Bonchev–Trinajstić information content (AvgIpc) is 3.07. The Balaban J connectivity index is 1.25. The number of nitrogens with one attached hydrogen (secondary N) is 1. The van der Waals surface area contributed by atoms with Crippen LogP contribution in [0, 0.1) is 29.4 Å². The van der Waals surface area contributed by atoms with E-state index in [4.69, 9.17) is 11.6 Å². The molecule has 3 aromatic rings. The molecule has 1 aromatic heterocycles. The van der Waals surface area contributed by atoms with E-state index in [1.54, 1.807) is 29.1 Å². The molecule has 2 saturated carbocycles. The van der Waals surface area contributed by atoms with E-state index in [0.717, 1.165) is 25.3 Å². The van der Waals surface area contributed by atoms with E-state index in [1.807, 2.05) is 0 Å². The van der Waals surface area contributed by atoms with Gasteiger partial charge in [0.15, 0.2) is 5.82 Å². The van der Waals surface area contributed by atoms with E-state index in [1.165, 1.54) is 6.07 Å². The van der Waals surface area contributed by atoms with Crippen molar-refractivity contribution < 1.29 is 13.6 Å². The molecule has 1 amide bonds. The molecule has 2 fully saturated rings. The van der Waals surface area contributed by atoms with Gasteiger partial charge >= 0.3 is 0 Å². The highest BCUT2D eigenvalue weighted by molar-refractivity contribution is 6.30. The molecule has 0 bridgehead atoms. The lowest BCUT2D eigenvalue weighted by Crippen LogP contribution is -2.37. The summed E-state index contributed by atoms with van der Waals surface area (Å²) < 4.78 is 27.3. The fraction of sp³-hybridized carbons (Fsp3) is 0.409. The number of carbonyl (C=O) groups excluding carboxylic acids is 1. The fourth-order valence-corrected chi connectivity index (χ4v) is 5.22. The van der Waals surface area contributed by atoms with Gasteiger partial charge in [0.05, 0.1) is 6.04 Å². The number of hydrogen-bond acceptors (Lipinski definition) is 3. The SMILES string of the molecule is CCC(NC(=O)c1ccc(Cl)cc1)[C@H]1[C@@H]2C[C@@H](n3nc4cc(F)cc(F)c4n3)C[C@@H]21. The van der Waals surface area contributed by atoms with Crippen LogP contribution >= 0.6 is 11.6 Å². The predicted molar refractivity (Wildman–Crippen MR) is 109 cm³/mol. The van der Waals surface area contributed by atoms with Crippen LogP contribution in [0.15, 0.2) is 36.4 Å². The van der Waals surface area contributed by atoms with Gasteiger partial charge in [-0.25, -0.2) is 8.78 Å². The lowest BCUT2D eigenvalue weighted by atomic mass is 9.99. The Labute approximate surface area is 177 Å². The lowest BCUT2D eigenvalue weighted by Gasteiger charge is -2.21. The molecule has 0 spiro atoms. The van der Waals surface area contributed by atoms with Crippen LogP contribution in [-0.4, -0.2) is 26.9 Å². The van der Waals surface area contributed by atoms with Crippen molar-refractivity contribution in [1.82, 2.24) is 20.3 Å². The Kier molecular flexibility index (Phi) is 4.73. The molecule has 1 unspecified atom stereocenters.